The number of fused-ring (bicyclic) bond motifs is 3. The molecule has 1 N–H and O–H groups in total. The molecule has 0 fully saturated rings. The minimum atomic E-state index is -3.49. The first-order valence-electron chi connectivity index (χ1n) is 13.8. The van der Waals surface area contributed by atoms with Crippen molar-refractivity contribution in [3.05, 3.63) is 90.1 Å². The van der Waals surface area contributed by atoms with Crippen molar-refractivity contribution in [1.82, 2.24) is 9.88 Å². The van der Waals surface area contributed by atoms with Crippen LogP contribution in [0.2, 0.25) is 5.04 Å². The average molecular weight is 561 g/mol. The van der Waals surface area contributed by atoms with Gasteiger partial charge in [-0.3, -0.25) is 0 Å². The Balaban J connectivity index is 1.67. The van der Waals surface area contributed by atoms with Gasteiger partial charge in [0, 0.05) is 42.0 Å². The smallest absolute Gasteiger partial charge is 0.261 e. The molecule has 39 heavy (non-hydrogen) atoms. The standard InChI is InChI=1S/C32H40N2O3SSi/c1-23(2)31-29-20-24-19-25(30(38(6,35)36)21-28(24)34(29)18-17-33-31)22-37-39(32(3,4)5,26-13-9-7-10-14-26)27-15-11-8-12-16-27/h7-16,19-21,23,31,33H,17-18,22H2,1-6H3. The molecule has 1 unspecified atom stereocenters. The first-order chi connectivity index (χ1) is 18.4. The summed E-state index contributed by atoms with van der Waals surface area (Å²) in [6.45, 7) is 13.1. The third-order valence-electron chi connectivity index (χ3n) is 8.06. The van der Waals surface area contributed by atoms with Crippen molar-refractivity contribution in [1.29, 1.82) is 0 Å². The Kier molecular flexibility index (Phi) is 7.39. The second kappa shape index (κ2) is 10.4. The molecule has 0 spiro atoms. The Morgan fingerprint density at radius 2 is 1.56 bits per heavy atom. The molecule has 1 aliphatic heterocycles. The van der Waals surface area contributed by atoms with Gasteiger partial charge in [0.05, 0.1) is 11.5 Å². The van der Waals surface area contributed by atoms with Crippen LogP contribution in [0.3, 0.4) is 0 Å². The maximum Gasteiger partial charge on any atom is 0.261 e. The van der Waals surface area contributed by atoms with Crippen LogP contribution < -0.4 is 15.7 Å². The van der Waals surface area contributed by atoms with Crippen LogP contribution in [0, 0.1) is 5.92 Å². The van der Waals surface area contributed by atoms with Gasteiger partial charge in [-0.1, -0.05) is 95.3 Å². The van der Waals surface area contributed by atoms with Crippen LogP contribution in [0.25, 0.3) is 10.9 Å². The lowest BCUT2D eigenvalue weighted by atomic mass is 9.99. The lowest BCUT2D eigenvalue weighted by Gasteiger charge is -2.43. The highest BCUT2D eigenvalue weighted by atomic mass is 32.2. The third kappa shape index (κ3) is 5.02. The molecule has 2 heterocycles. The summed E-state index contributed by atoms with van der Waals surface area (Å²) in [6, 6.07) is 27.3. The van der Waals surface area contributed by atoms with Crippen molar-refractivity contribution >= 4 is 39.4 Å². The summed E-state index contributed by atoms with van der Waals surface area (Å²) in [5, 5.41) is 6.85. The van der Waals surface area contributed by atoms with Crippen LogP contribution in [0.5, 0.6) is 0 Å². The van der Waals surface area contributed by atoms with Gasteiger partial charge in [0.1, 0.15) is 0 Å². The molecular weight excluding hydrogens is 521 g/mol. The van der Waals surface area contributed by atoms with Crippen LogP contribution >= 0.6 is 0 Å². The highest BCUT2D eigenvalue weighted by molar-refractivity contribution is 7.90. The molecule has 3 aromatic carbocycles. The van der Waals surface area contributed by atoms with Crippen LogP contribution in [-0.2, 0) is 27.4 Å². The van der Waals surface area contributed by atoms with Gasteiger partial charge in [-0.05, 0) is 45.1 Å². The zero-order valence-corrected chi connectivity index (χ0v) is 25.7. The molecule has 4 aromatic rings. The number of nitrogens with zero attached hydrogens (tertiary/aromatic N) is 1. The molecule has 0 radical (unpaired) electrons. The van der Waals surface area contributed by atoms with Crippen molar-refractivity contribution in [2.24, 2.45) is 5.92 Å². The average Bonchev–Trinajstić information content (AvgIpc) is 3.26. The maximum absolute atomic E-state index is 13.2. The first-order valence-corrected chi connectivity index (χ1v) is 17.6. The summed E-state index contributed by atoms with van der Waals surface area (Å²) in [6.07, 6.45) is 1.30. The van der Waals surface area contributed by atoms with E-state index >= 15 is 0 Å². The monoisotopic (exact) mass is 560 g/mol. The van der Waals surface area contributed by atoms with Gasteiger partial charge in [-0.25, -0.2) is 8.42 Å². The van der Waals surface area contributed by atoms with E-state index in [1.54, 1.807) is 0 Å². The molecule has 0 saturated carbocycles. The molecule has 1 aliphatic rings. The fourth-order valence-electron chi connectivity index (χ4n) is 6.29. The number of hydrogen-bond donors (Lipinski definition) is 1. The van der Waals surface area contributed by atoms with Gasteiger partial charge in [0.25, 0.3) is 8.32 Å². The van der Waals surface area contributed by atoms with Crippen molar-refractivity contribution < 1.29 is 12.8 Å². The molecule has 0 amide bonds. The molecule has 206 valence electrons. The number of rotatable bonds is 7. The number of benzene rings is 3. The minimum absolute atomic E-state index is 0.198. The second-order valence-electron chi connectivity index (χ2n) is 12.1. The van der Waals surface area contributed by atoms with E-state index in [9.17, 15) is 8.42 Å². The lowest BCUT2D eigenvalue weighted by Crippen LogP contribution is -2.66. The molecule has 0 saturated heterocycles. The normalized spacial score (nSPS) is 16.5. The van der Waals surface area contributed by atoms with Crippen LogP contribution in [0.1, 0.15) is 51.9 Å². The summed E-state index contributed by atoms with van der Waals surface area (Å²) in [7, 11) is -6.31. The van der Waals surface area contributed by atoms with E-state index in [-0.39, 0.29) is 17.7 Å². The van der Waals surface area contributed by atoms with Gasteiger partial charge in [-0.2, -0.15) is 0 Å². The van der Waals surface area contributed by atoms with Crippen molar-refractivity contribution in [2.75, 3.05) is 12.8 Å². The predicted molar refractivity (Wildman–Crippen MR) is 163 cm³/mol. The molecule has 5 rings (SSSR count). The van der Waals surface area contributed by atoms with Gasteiger partial charge in [0.15, 0.2) is 9.84 Å². The fraction of sp³-hybridized carbons (Fsp3) is 0.375. The first kappa shape index (κ1) is 27.8. The quantitative estimate of drug-likeness (QED) is 0.307. The Hall–Kier alpha value is -2.71. The molecule has 1 aromatic heterocycles. The van der Waals surface area contributed by atoms with Crippen LogP contribution in [-0.4, -0.2) is 34.1 Å². The number of aromatic nitrogens is 1. The molecule has 5 nitrogen and oxygen atoms in total. The minimum Gasteiger partial charge on any atom is -0.403 e. The molecule has 0 bridgehead atoms. The summed E-state index contributed by atoms with van der Waals surface area (Å²) in [4.78, 5) is 0.355. The number of sulfone groups is 1. The van der Waals surface area contributed by atoms with E-state index in [0.29, 0.717) is 10.8 Å². The summed E-state index contributed by atoms with van der Waals surface area (Å²) in [5.74, 6) is 0.431. The molecular formula is C32H40N2O3SSi. The lowest BCUT2D eigenvalue weighted by molar-refractivity contribution is 0.283. The second-order valence-corrected chi connectivity index (χ2v) is 18.4. The maximum atomic E-state index is 13.2. The Morgan fingerprint density at radius 3 is 2.08 bits per heavy atom. The van der Waals surface area contributed by atoms with E-state index in [0.717, 1.165) is 29.6 Å². The van der Waals surface area contributed by atoms with Crippen molar-refractivity contribution in [3.8, 4) is 0 Å². The van der Waals surface area contributed by atoms with Crippen LogP contribution in [0.15, 0.2) is 83.8 Å². The summed E-state index contributed by atoms with van der Waals surface area (Å²) < 4.78 is 35.8. The SMILES string of the molecule is CC(C)C1NCCn2c1cc1cc(CO[Si](c3ccccc3)(c3ccccc3)C(C)(C)C)c(S(C)(=O)=O)cc12. The van der Waals surface area contributed by atoms with Gasteiger partial charge < -0.3 is 14.3 Å². The molecule has 1 atom stereocenters. The van der Waals surface area contributed by atoms with E-state index in [1.165, 1.54) is 22.3 Å². The highest BCUT2D eigenvalue weighted by Gasteiger charge is 2.50. The Labute approximate surface area is 234 Å². The highest BCUT2D eigenvalue weighted by Crippen LogP contribution is 2.39. The van der Waals surface area contributed by atoms with E-state index in [1.807, 2.05) is 24.3 Å². The number of nitrogens with one attached hydrogen (secondary N) is 1. The van der Waals surface area contributed by atoms with E-state index in [4.69, 9.17) is 4.43 Å². The molecule has 7 heteroatoms. The zero-order valence-electron chi connectivity index (χ0n) is 23.9. The predicted octanol–water partition coefficient (Wildman–Crippen LogP) is 5.42. The Morgan fingerprint density at radius 1 is 0.974 bits per heavy atom. The zero-order chi connectivity index (χ0) is 28.0. The van der Waals surface area contributed by atoms with E-state index in [2.05, 4.69) is 99.1 Å². The Bertz CT molecular complexity index is 1530. The van der Waals surface area contributed by atoms with Crippen LogP contribution in [0.4, 0.5) is 0 Å². The third-order valence-corrected chi connectivity index (χ3v) is 14.2. The summed E-state index contributed by atoms with van der Waals surface area (Å²) in [5.41, 5.74) is 2.91. The largest absolute Gasteiger partial charge is 0.403 e. The fourth-order valence-corrected chi connectivity index (χ4v) is 11.7. The van der Waals surface area contributed by atoms with Crippen molar-refractivity contribution in [2.45, 2.75) is 63.7 Å². The van der Waals surface area contributed by atoms with Gasteiger partial charge in [-0.15, -0.1) is 0 Å². The van der Waals surface area contributed by atoms with Gasteiger partial charge in [0.2, 0.25) is 0 Å². The van der Waals surface area contributed by atoms with Gasteiger partial charge >= 0.3 is 0 Å². The number of hydrogen-bond acceptors (Lipinski definition) is 4. The topological polar surface area (TPSA) is 60.3 Å². The van der Waals surface area contributed by atoms with Crippen molar-refractivity contribution in [3.63, 3.8) is 0 Å². The van der Waals surface area contributed by atoms with E-state index < -0.39 is 18.2 Å². The molecule has 0 aliphatic carbocycles. The summed E-state index contributed by atoms with van der Waals surface area (Å²) >= 11 is 0.